The number of aryl methyl sites for hydroxylation is 2. The molecule has 0 spiro atoms. The summed E-state index contributed by atoms with van der Waals surface area (Å²) in [6.07, 6.45) is 21.1. The first-order chi connectivity index (χ1) is 56.5. The second-order valence-electron chi connectivity index (χ2n) is 32.0. The van der Waals surface area contributed by atoms with E-state index >= 15 is 0 Å². The van der Waals surface area contributed by atoms with E-state index in [0.717, 1.165) is 83.2 Å². The van der Waals surface area contributed by atoms with Gasteiger partial charge in [0.25, 0.3) is 0 Å². The van der Waals surface area contributed by atoms with Gasteiger partial charge in [-0.3, -0.25) is 0 Å². The minimum Gasteiger partial charge on any atom is -0.455 e. The zero-order valence-electron chi connectivity index (χ0n) is 65.5. The Morgan fingerprint density at radius 3 is 1.02 bits per heavy atom. The highest BCUT2D eigenvalue weighted by atomic mass is 16.3. The predicted molar refractivity (Wildman–Crippen MR) is 482 cm³/mol. The van der Waals surface area contributed by atoms with E-state index < -0.39 is 0 Å². The number of furan rings is 4. The maximum Gasteiger partial charge on any atom is 0.139 e. The van der Waals surface area contributed by atoms with E-state index in [1.165, 1.54) is 230 Å². The number of benzene rings is 16. The van der Waals surface area contributed by atoms with Crippen LogP contribution in [0, 0.1) is 0 Å². The highest BCUT2D eigenvalue weighted by Gasteiger charge is 2.27. The molecule has 16 aromatic carbocycles. The molecule has 22 rings (SSSR count). The van der Waals surface area contributed by atoms with Gasteiger partial charge < -0.3 is 17.7 Å². The van der Waals surface area contributed by atoms with Crippen molar-refractivity contribution < 1.29 is 17.7 Å². The van der Waals surface area contributed by atoms with E-state index in [-0.39, 0.29) is 0 Å². The zero-order chi connectivity index (χ0) is 76.3. The quantitative estimate of drug-likeness (QED) is 0.109. The van der Waals surface area contributed by atoms with Crippen molar-refractivity contribution >= 4 is 131 Å². The average Bonchev–Trinajstić information content (AvgIpc) is 1.61. The first-order valence-corrected chi connectivity index (χ1v) is 42.0. The molecule has 20 aromatic rings. The van der Waals surface area contributed by atoms with Crippen molar-refractivity contribution in [3.63, 3.8) is 0 Å². The Bertz CT molecular complexity index is 6820. The Labute approximate surface area is 667 Å². The topological polar surface area (TPSA) is 52.6 Å². The summed E-state index contributed by atoms with van der Waals surface area (Å²) in [4.78, 5) is 0. The lowest BCUT2D eigenvalue weighted by molar-refractivity contribution is 0.442. The summed E-state index contributed by atoms with van der Waals surface area (Å²) in [5.41, 5.74) is 24.4. The summed E-state index contributed by atoms with van der Waals surface area (Å²) < 4.78 is 26.6. The SMILES string of the molecule is CCCCc1c2ccccc2cc2c1oc1c(Cc3ccccc3)cccc12.CCc1cccc2c1oc1c(Cc3ccccc3)c3ccccc3cc12.c1ccc(Cc2c3ccccc3cc3c2oc2c(C4CCCCC4)cccc23)cc1.c1ccc(Cc2cccc3c2oc2c(C4CCCCC4)c4ccccc4cc23)cc1. The van der Waals surface area contributed by atoms with Crippen LogP contribution in [-0.2, 0) is 38.5 Å². The smallest absolute Gasteiger partial charge is 0.139 e. The standard InChI is InChI=1S/2C29H26O.C27H24O.C25H20O/c1-3-10-20(11-4-1)18-23-15-9-17-25-26-19-22-14-7-8-16-24(22)27(29(26)30-28(23)25)21-12-5-2-6-13-21;1-3-10-20(11-4-1)18-26-23-15-8-7-14-22(23)19-27-25-17-9-16-24(28(25)30-29(26)27)21-12-5-2-6-13-21;1-2-3-14-23-22-15-8-7-12-20(22)18-25-24-16-9-13-21(26(24)28-27(23)25)17-19-10-5-4-6-11-19;1-2-18-12-8-14-21-23-16-19-11-6-7-13-20(19)22(25(23)26-24(18)21)15-17-9-4-3-5-10-17/h2*1,3-4,7-11,14-17,19,21H,2,5-6,12-13,18H2;4-13,15-16,18H,2-3,14,17H2,1H3;3-14,16H,2,15H2,1H3. The van der Waals surface area contributed by atoms with Crippen LogP contribution in [0.25, 0.3) is 131 Å². The third kappa shape index (κ3) is 14.2. The summed E-state index contributed by atoms with van der Waals surface area (Å²) in [6, 6.07) is 113. The second-order valence-corrected chi connectivity index (χ2v) is 32.0. The van der Waals surface area contributed by atoms with Crippen molar-refractivity contribution in [3.8, 4) is 0 Å². The Balaban J connectivity index is 0.000000102. The van der Waals surface area contributed by atoms with Crippen molar-refractivity contribution in [3.05, 3.63) is 382 Å². The van der Waals surface area contributed by atoms with Gasteiger partial charge in [-0.1, -0.05) is 350 Å². The fourth-order valence-electron chi connectivity index (χ4n) is 19.1. The van der Waals surface area contributed by atoms with Crippen LogP contribution in [0.5, 0.6) is 0 Å². The van der Waals surface area contributed by atoms with Gasteiger partial charge in [-0.15, -0.1) is 0 Å². The van der Waals surface area contributed by atoms with Crippen LogP contribution in [0.1, 0.15) is 169 Å². The molecule has 2 fully saturated rings. The minimum absolute atomic E-state index is 0.602. The normalized spacial score (nSPS) is 13.6. The molecule has 0 aliphatic heterocycles. The van der Waals surface area contributed by atoms with Gasteiger partial charge >= 0.3 is 0 Å². The van der Waals surface area contributed by atoms with Crippen LogP contribution in [0.15, 0.2) is 333 Å². The summed E-state index contributed by atoms with van der Waals surface area (Å²) in [7, 11) is 0. The molecule has 0 atom stereocenters. The van der Waals surface area contributed by atoms with Crippen molar-refractivity contribution in [2.24, 2.45) is 0 Å². The second kappa shape index (κ2) is 32.5. The van der Waals surface area contributed by atoms with Crippen LogP contribution < -0.4 is 0 Å². The molecule has 560 valence electrons. The molecule has 4 heteroatoms. The van der Waals surface area contributed by atoms with E-state index in [4.69, 9.17) is 17.7 Å². The summed E-state index contributed by atoms with van der Waals surface area (Å²) in [5, 5.41) is 20.5. The van der Waals surface area contributed by atoms with E-state index in [1.54, 1.807) is 0 Å². The molecule has 2 saturated carbocycles. The van der Waals surface area contributed by atoms with Gasteiger partial charge in [-0.05, 0) is 169 Å². The largest absolute Gasteiger partial charge is 0.455 e. The molecule has 0 unspecified atom stereocenters. The lowest BCUT2D eigenvalue weighted by atomic mass is 9.81. The predicted octanol–water partition coefficient (Wildman–Crippen LogP) is 31.3. The van der Waals surface area contributed by atoms with Gasteiger partial charge in [0.15, 0.2) is 0 Å². The van der Waals surface area contributed by atoms with Crippen molar-refractivity contribution in [2.75, 3.05) is 0 Å². The van der Waals surface area contributed by atoms with Gasteiger partial charge in [-0.2, -0.15) is 0 Å². The van der Waals surface area contributed by atoms with Gasteiger partial charge in [-0.25, -0.2) is 0 Å². The van der Waals surface area contributed by atoms with Crippen LogP contribution in [-0.4, -0.2) is 0 Å². The molecule has 2 aliphatic rings. The molecular formula is C110H96O4. The van der Waals surface area contributed by atoms with E-state index in [9.17, 15) is 0 Å². The number of unbranched alkanes of at least 4 members (excludes halogenated alkanes) is 1. The molecule has 4 nitrogen and oxygen atoms in total. The van der Waals surface area contributed by atoms with Gasteiger partial charge in [0.05, 0.1) is 0 Å². The molecule has 4 aromatic heterocycles. The molecule has 0 bridgehead atoms. The van der Waals surface area contributed by atoms with Gasteiger partial charge in [0.1, 0.15) is 44.7 Å². The third-order valence-electron chi connectivity index (χ3n) is 24.8. The number of fused-ring (bicyclic) bond motifs is 16. The van der Waals surface area contributed by atoms with Crippen LogP contribution in [0.2, 0.25) is 0 Å². The lowest BCUT2D eigenvalue weighted by Gasteiger charge is -2.23. The molecule has 0 N–H and O–H groups in total. The monoisotopic (exact) mass is 1480 g/mol. The van der Waals surface area contributed by atoms with Crippen molar-refractivity contribution in [2.45, 2.75) is 141 Å². The van der Waals surface area contributed by atoms with Crippen molar-refractivity contribution in [1.82, 2.24) is 0 Å². The maximum absolute atomic E-state index is 6.75. The zero-order valence-corrected chi connectivity index (χ0v) is 65.5. The number of para-hydroxylation sites is 4. The fraction of sp³-hybridized carbons (Fsp3) is 0.200. The molecule has 0 saturated heterocycles. The van der Waals surface area contributed by atoms with Crippen LogP contribution in [0.3, 0.4) is 0 Å². The third-order valence-corrected chi connectivity index (χ3v) is 24.8. The van der Waals surface area contributed by atoms with Crippen LogP contribution >= 0.6 is 0 Å². The Kier molecular flexibility index (Phi) is 20.5. The van der Waals surface area contributed by atoms with Gasteiger partial charge in [0.2, 0.25) is 0 Å². The van der Waals surface area contributed by atoms with E-state index in [1.807, 2.05) is 0 Å². The minimum atomic E-state index is 0.602. The van der Waals surface area contributed by atoms with Crippen LogP contribution in [0.4, 0.5) is 0 Å². The fourth-order valence-corrected chi connectivity index (χ4v) is 19.1. The molecular weight excluding hydrogens is 1390 g/mol. The van der Waals surface area contributed by atoms with E-state index in [2.05, 4.69) is 329 Å². The van der Waals surface area contributed by atoms with Crippen molar-refractivity contribution in [1.29, 1.82) is 0 Å². The Morgan fingerprint density at radius 2 is 0.570 bits per heavy atom. The number of hydrogen-bond donors (Lipinski definition) is 0. The highest BCUT2D eigenvalue weighted by Crippen LogP contribution is 2.47. The lowest BCUT2D eigenvalue weighted by Crippen LogP contribution is -2.05. The number of rotatable bonds is 14. The molecule has 114 heavy (non-hydrogen) atoms. The van der Waals surface area contributed by atoms with Gasteiger partial charge in [0, 0.05) is 91.0 Å². The molecule has 0 radical (unpaired) electrons. The molecule has 0 amide bonds. The Hall–Kier alpha value is -12.2. The summed E-state index contributed by atoms with van der Waals surface area (Å²) in [6.45, 7) is 4.43. The van der Waals surface area contributed by atoms with E-state index in [0.29, 0.717) is 11.8 Å². The molecule has 4 heterocycles. The maximum atomic E-state index is 6.75. The first kappa shape index (κ1) is 72.0. The summed E-state index contributed by atoms with van der Waals surface area (Å²) >= 11 is 0. The molecule has 2 aliphatic carbocycles. The average molecular weight is 1480 g/mol. The number of hydrogen-bond acceptors (Lipinski definition) is 4. The Morgan fingerprint density at radius 1 is 0.246 bits per heavy atom. The first-order valence-electron chi connectivity index (χ1n) is 42.0. The highest BCUT2D eigenvalue weighted by molar-refractivity contribution is 6.17. The summed E-state index contributed by atoms with van der Waals surface area (Å²) in [5.74, 6) is 1.24.